The number of carbonyl (C=O) groups is 1. The minimum Gasteiger partial charge on any atom is -0.396 e. The van der Waals surface area contributed by atoms with Crippen LogP contribution >= 0.6 is 0 Å². The maximum atomic E-state index is 12.4. The van der Waals surface area contributed by atoms with Crippen LogP contribution < -0.4 is 0 Å². The van der Waals surface area contributed by atoms with Gasteiger partial charge in [-0.15, -0.1) is 0 Å². The molecular weight excluding hydrogens is 242 g/mol. The Balaban J connectivity index is 2.14. The van der Waals surface area contributed by atoms with Crippen molar-refractivity contribution in [1.29, 1.82) is 5.26 Å². The third-order valence-electron chi connectivity index (χ3n) is 3.46. The highest BCUT2D eigenvalue weighted by molar-refractivity contribution is 5.92. The first kappa shape index (κ1) is 13.5. The second-order valence-corrected chi connectivity index (χ2v) is 4.70. The smallest absolute Gasteiger partial charge is 0.272 e. The number of aromatic nitrogens is 1. The highest BCUT2D eigenvalue weighted by Crippen LogP contribution is 2.21. The molecule has 1 aliphatic rings. The van der Waals surface area contributed by atoms with E-state index in [1.807, 2.05) is 6.07 Å². The number of pyridine rings is 1. The predicted molar refractivity (Wildman–Crippen MR) is 69.3 cm³/mol. The Labute approximate surface area is 112 Å². The van der Waals surface area contributed by atoms with Crippen LogP contribution in [0.15, 0.2) is 18.3 Å². The Bertz CT molecular complexity index is 476. The second-order valence-electron chi connectivity index (χ2n) is 4.70. The lowest BCUT2D eigenvalue weighted by Crippen LogP contribution is -2.44. The van der Waals surface area contributed by atoms with E-state index in [0.29, 0.717) is 24.2 Å². The topological polar surface area (TPSA) is 77.2 Å². The Morgan fingerprint density at radius 1 is 1.53 bits per heavy atom. The van der Waals surface area contributed by atoms with Crippen molar-refractivity contribution in [3.8, 4) is 6.07 Å². The van der Waals surface area contributed by atoms with Gasteiger partial charge in [-0.05, 0) is 37.8 Å². The van der Waals surface area contributed by atoms with Crippen LogP contribution in [0.25, 0.3) is 0 Å². The monoisotopic (exact) mass is 259 g/mol. The number of likely N-dealkylation sites (tertiary alicyclic amines) is 1. The van der Waals surface area contributed by atoms with Crippen molar-refractivity contribution in [2.24, 2.45) is 0 Å². The molecule has 5 nitrogen and oxygen atoms in total. The average Bonchev–Trinajstić information content (AvgIpc) is 2.47. The lowest BCUT2D eigenvalue weighted by atomic mass is 9.99. The molecule has 0 aromatic carbocycles. The Hall–Kier alpha value is -1.93. The Morgan fingerprint density at radius 2 is 2.37 bits per heavy atom. The summed E-state index contributed by atoms with van der Waals surface area (Å²) >= 11 is 0. The van der Waals surface area contributed by atoms with Crippen LogP contribution in [0.5, 0.6) is 0 Å². The standard InChI is InChI=1S/C14H17N3O2/c15-9-11-4-5-13(16-10-11)14(19)17-7-2-1-3-12(17)6-8-18/h4-5,10,12,18H,1-3,6-8H2. The molecule has 0 radical (unpaired) electrons. The first-order valence-electron chi connectivity index (χ1n) is 6.54. The molecule has 0 bridgehead atoms. The molecule has 100 valence electrons. The predicted octanol–water partition coefficient (Wildman–Crippen LogP) is 1.33. The van der Waals surface area contributed by atoms with Crippen LogP contribution in [-0.2, 0) is 0 Å². The molecule has 0 aliphatic carbocycles. The third-order valence-corrected chi connectivity index (χ3v) is 3.46. The van der Waals surface area contributed by atoms with Crippen molar-refractivity contribution in [2.45, 2.75) is 31.7 Å². The van der Waals surface area contributed by atoms with Gasteiger partial charge in [-0.3, -0.25) is 4.79 Å². The van der Waals surface area contributed by atoms with Crippen LogP contribution in [0.2, 0.25) is 0 Å². The molecule has 2 heterocycles. The maximum absolute atomic E-state index is 12.4. The number of amides is 1. The van der Waals surface area contributed by atoms with E-state index in [-0.39, 0.29) is 18.6 Å². The van der Waals surface area contributed by atoms with Crippen LogP contribution in [-0.4, -0.2) is 40.1 Å². The molecule has 1 aliphatic heterocycles. The van der Waals surface area contributed by atoms with Gasteiger partial charge in [-0.25, -0.2) is 4.98 Å². The summed E-state index contributed by atoms with van der Waals surface area (Å²) in [5, 5.41) is 17.8. The summed E-state index contributed by atoms with van der Waals surface area (Å²) in [5.74, 6) is -0.109. The second kappa shape index (κ2) is 6.30. The van der Waals surface area contributed by atoms with Gasteiger partial charge in [0, 0.05) is 25.4 Å². The summed E-state index contributed by atoms with van der Waals surface area (Å²) in [6.45, 7) is 0.806. The number of nitriles is 1. The summed E-state index contributed by atoms with van der Waals surface area (Å²) in [7, 11) is 0. The van der Waals surface area contributed by atoms with Gasteiger partial charge in [0.05, 0.1) is 5.56 Å². The minimum absolute atomic E-state index is 0.0925. The highest BCUT2D eigenvalue weighted by Gasteiger charge is 2.27. The van der Waals surface area contributed by atoms with E-state index >= 15 is 0 Å². The summed E-state index contributed by atoms with van der Waals surface area (Å²) in [4.78, 5) is 18.2. The molecule has 1 amide bonds. The van der Waals surface area contributed by atoms with Gasteiger partial charge in [0.2, 0.25) is 0 Å². The summed E-state index contributed by atoms with van der Waals surface area (Å²) < 4.78 is 0. The highest BCUT2D eigenvalue weighted by atomic mass is 16.3. The number of piperidine rings is 1. The van der Waals surface area contributed by atoms with Gasteiger partial charge in [0.1, 0.15) is 11.8 Å². The number of aliphatic hydroxyl groups is 1. The third kappa shape index (κ3) is 3.09. The lowest BCUT2D eigenvalue weighted by Gasteiger charge is -2.35. The van der Waals surface area contributed by atoms with Crippen molar-refractivity contribution in [3.63, 3.8) is 0 Å². The first-order chi connectivity index (χ1) is 9.26. The molecule has 5 heteroatoms. The fourth-order valence-electron chi connectivity index (χ4n) is 2.45. The van der Waals surface area contributed by atoms with Gasteiger partial charge in [0.15, 0.2) is 0 Å². The molecule has 1 aromatic heterocycles. The van der Waals surface area contributed by atoms with E-state index in [1.54, 1.807) is 17.0 Å². The molecule has 1 aromatic rings. The van der Waals surface area contributed by atoms with E-state index in [2.05, 4.69) is 4.98 Å². The molecule has 1 N–H and O–H groups in total. The zero-order chi connectivity index (χ0) is 13.7. The number of rotatable bonds is 3. The molecule has 1 unspecified atom stereocenters. The van der Waals surface area contributed by atoms with Crippen LogP contribution in [0.1, 0.15) is 41.7 Å². The van der Waals surface area contributed by atoms with Crippen LogP contribution in [0.3, 0.4) is 0 Å². The zero-order valence-corrected chi connectivity index (χ0v) is 10.7. The van der Waals surface area contributed by atoms with E-state index in [9.17, 15) is 4.79 Å². The largest absolute Gasteiger partial charge is 0.396 e. The molecule has 1 atom stereocenters. The Morgan fingerprint density at radius 3 is 3.00 bits per heavy atom. The molecule has 19 heavy (non-hydrogen) atoms. The molecule has 1 fully saturated rings. The van der Waals surface area contributed by atoms with Crippen LogP contribution in [0.4, 0.5) is 0 Å². The van der Waals surface area contributed by atoms with E-state index in [4.69, 9.17) is 10.4 Å². The Kier molecular flexibility index (Phi) is 4.48. The summed E-state index contributed by atoms with van der Waals surface area (Å²) in [6.07, 6.45) is 5.04. The van der Waals surface area contributed by atoms with Gasteiger partial charge in [-0.1, -0.05) is 0 Å². The van der Waals surface area contributed by atoms with E-state index < -0.39 is 0 Å². The maximum Gasteiger partial charge on any atom is 0.272 e. The van der Waals surface area contributed by atoms with Crippen molar-refractivity contribution >= 4 is 5.91 Å². The number of carbonyl (C=O) groups excluding carboxylic acids is 1. The van der Waals surface area contributed by atoms with E-state index in [0.717, 1.165) is 19.3 Å². The van der Waals surface area contributed by atoms with Gasteiger partial charge < -0.3 is 10.0 Å². The SMILES string of the molecule is N#Cc1ccc(C(=O)N2CCCCC2CCO)nc1. The molecule has 0 spiro atoms. The fraction of sp³-hybridized carbons (Fsp3) is 0.500. The van der Waals surface area contributed by atoms with Gasteiger partial charge >= 0.3 is 0 Å². The van der Waals surface area contributed by atoms with Gasteiger partial charge in [-0.2, -0.15) is 5.26 Å². The average molecular weight is 259 g/mol. The molecular formula is C14H17N3O2. The first-order valence-corrected chi connectivity index (χ1v) is 6.54. The normalized spacial score (nSPS) is 18.9. The van der Waals surface area contributed by atoms with Gasteiger partial charge in [0.25, 0.3) is 5.91 Å². The molecule has 0 saturated carbocycles. The summed E-state index contributed by atoms with van der Waals surface area (Å²) in [6, 6.07) is 5.27. The minimum atomic E-state index is -0.109. The van der Waals surface area contributed by atoms with Crippen molar-refractivity contribution in [2.75, 3.05) is 13.2 Å². The number of hydrogen-bond acceptors (Lipinski definition) is 4. The van der Waals surface area contributed by atoms with E-state index in [1.165, 1.54) is 6.20 Å². The number of hydrogen-bond donors (Lipinski definition) is 1. The number of nitrogens with zero attached hydrogens (tertiary/aromatic N) is 3. The zero-order valence-electron chi connectivity index (χ0n) is 10.7. The quantitative estimate of drug-likeness (QED) is 0.888. The molecule has 2 rings (SSSR count). The van der Waals surface area contributed by atoms with Crippen molar-refractivity contribution in [1.82, 2.24) is 9.88 Å². The van der Waals surface area contributed by atoms with Crippen molar-refractivity contribution < 1.29 is 9.90 Å². The lowest BCUT2D eigenvalue weighted by molar-refractivity contribution is 0.0568. The van der Waals surface area contributed by atoms with Crippen molar-refractivity contribution in [3.05, 3.63) is 29.6 Å². The molecule has 1 saturated heterocycles. The number of aliphatic hydroxyl groups excluding tert-OH is 1. The van der Waals surface area contributed by atoms with Crippen LogP contribution in [0, 0.1) is 11.3 Å². The summed E-state index contributed by atoms with van der Waals surface area (Å²) in [5.41, 5.74) is 0.811. The fourth-order valence-corrected chi connectivity index (χ4v) is 2.45.